The molecule has 142 valence electrons. The number of anilines is 1. The Kier molecular flexibility index (Phi) is 6.25. The summed E-state index contributed by atoms with van der Waals surface area (Å²) < 4.78 is 16.0. The van der Waals surface area contributed by atoms with Gasteiger partial charge in [0.15, 0.2) is 5.13 Å². The fourth-order valence-corrected chi connectivity index (χ4v) is 3.06. The van der Waals surface area contributed by atoms with Crippen molar-refractivity contribution in [2.75, 3.05) is 32.6 Å². The maximum atomic E-state index is 11.7. The van der Waals surface area contributed by atoms with Crippen molar-refractivity contribution in [1.29, 1.82) is 0 Å². The molecule has 8 nitrogen and oxygen atoms in total. The molecule has 0 saturated heterocycles. The van der Waals surface area contributed by atoms with Crippen molar-refractivity contribution >= 4 is 38.7 Å². The van der Waals surface area contributed by atoms with E-state index in [-0.39, 0.29) is 0 Å². The van der Waals surface area contributed by atoms with Crippen LogP contribution in [0.3, 0.4) is 0 Å². The number of carbonyl (C=O) groups excluding carboxylic acids is 2. The number of hydrogen-bond donors (Lipinski definition) is 2. The van der Waals surface area contributed by atoms with E-state index in [4.69, 9.17) is 14.2 Å². The summed E-state index contributed by atoms with van der Waals surface area (Å²) in [6.45, 7) is 6.28. The second-order valence-corrected chi connectivity index (χ2v) is 7.42. The highest BCUT2D eigenvalue weighted by Crippen LogP contribution is 2.33. The Bertz CT molecular complexity index is 798. The lowest BCUT2D eigenvalue weighted by molar-refractivity contribution is 0.0528. The van der Waals surface area contributed by atoms with Gasteiger partial charge in [0.25, 0.3) is 0 Å². The van der Waals surface area contributed by atoms with Crippen molar-refractivity contribution in [3.8, 4) is 5.75 Å². The highest BCUT2D eigenvalue weighted by atomic mass is 32.1. The lowest BCUT2D eigenvalue weighted by Crippen LogP contribution is -2.34. The topological polar surface area (TPSA) is 98.8 Å². The molecule has 1 amide bonds. The van der Waals surface area contributed by atoms with Gasteiger partial charge in [-0.15, -0.1) is 0 Å². The third kappa shape index (κ3) is 5.22. The number of benzene rings is 1. The standard InChI is InChI=1S/C17H23N3O5S/c1-17(2,3)25-16(22)19-7-6-18-15-20-13-11(23-4)8-10(14(21)24-5)9-12(13)26-15/h8-9H,6-7H2,1-5H3,(H,18,20)(H,19,22). The molecule has 2 N–H and O–H groups in total. The molecule has 0 aliphatic carbocycles. The van der Waals surface area contributed by atoms with Crippen LogP contribution in [0, 0.1) is 0 Å². The number of amides is 1. The molecule has 2 rings (SSSR count). The zero-order valence-corrected chi connectivity index (χ0v) is 16.3. The Morgan fingerprint density at radius 2 is 1.92 bits per heavy atom. The molecule has 0 bridgehead atoms. The second-order valence-electron chi connectivity index (χ2n) is 6.39. The molecule has 26 heavy (non-hydrogen) atoms. The van der Waals surface area contributed by atoms with Crippen LogP contribution in [0.2, 0.25) is 0 Å². The Balaban J connectivity index is 2.00. The number of alkyl carbamates (subject to hydrolysis) is 1. The van der Waals surface area contributed by atoms with Gasteiger partial charge in [-0.1, -0.05) is 11.3 Å². The normalized spacial score (nSPS) is 11.1. The van der Waals surface area contributed by atoms with Crippen molar-refractivity contribution < 1.29 is 23.8 Å². The summed E-state index contributed by atoms with van der Waals surface area (Å²) in [5, 5.41) is 6.46. The second kappa shape index (κ2) is 8.22. The van der Waals surface area contributed by atoms with Gasteiger partial charge in [0, 0.05) is 13.1 Å². The highest BCUT2D eigenvalue weighted by Gasteiger charge is 2.16. The predicted molar refractivity (Wildman–Crippen MR) is 100 cm³/mol. The summed E-state index contributed by atoms with van der Waals surface area (Å²) >= 11 is 1.38. The number of nitrogens with zero attached hydrogens (tertiary/aromatic N) is 1. The summed E-state index contributed by atoms with van der Waals surface area (Å²) in [6, 6.07) is 3.31. The highest BCUT2D eigenvalue weighted by molar-refractivity contribution is 7.22. The van der Waals surface area contributed by atoms with E-state index in [1.54, 1.807) is 12.1 Å². The van der Waals surface area contributed by atoms with Crippen LogP contribution in [0.1, 0.15) is 31.1 Å². The number of fused-ring (bicyclic) bond motifs is 1. The van der Waals surface area contributed by atoms with Gasteiger partial charge in [-0.2, -0.15) is 0 Å². The van der Waals surface area contributed by atoms with E-state index in [0.717, 1.165) is 4.70 Å². The first kappa shape index (κ1) is 19.8. The number of ether oxygens (including phenoxy) is 3. The van der Waals surface area contributed by atoms with E-state index in [1.165, 1.54) is 25.6 Å². The third-order valence-corrected chi connectivity index (χ3v) is 4.13. The Morgan fingerprint density at radius 1 is 1.19 bits per heavy atom. The molecule has 0 aliphatic rings. The van der Waals surface area contributed by atoms with E-state index in [0.29, 0.717) is 35.1 Å². The zero-order chi connectivity index (χ0) is 19.3. The molecule has 2 aromatic rings. The van der Waals surface area contributed by atoms with Gasteiger partial charge >= 0.3 is 12.1 Å². The van der Waals surface area contributed by atoms with Gasteiger partial charge < -0.3 is 24.8 Å². The van der Waals surface area contributed by atoms with Crippen molar-refractivity contribution in [2.45, 2.75) is 26.4 Å². The number of esters is 1. The molecule has 0 aliphatic heterocycles. The molecule has 9 heteroatoms. The van der Waals surface area contributed by atoms with Gasteiger partial charge in [-0.05, 0) is 32.9 Å². The van der Waals surface area contributed by atoms with Gasteiger partial charge in [0.05, 0.1) is 24.5 Å². The molecule has 1 aromatic heterocycles. The largest absolute Gasteiger partial charge is 0.494 e. The number of rotatable bonds is 6. The third-order valence-electron chi connectivity index (χ3n) is 3.17. The van der Waals surface area contributed by atoms with Crippen molar-refractivity contribution in [3.05, 3.63) is 17.7 Å². The first-order valence-electron chi connectivity index (χ1n) is 8.01. The molecular formula is C17H23N3O5S. The number of thiazole rings is 1. The molecule has 0 atom stereocenters. The van der Waals surface area contributed by atoms with Crippen LogP contribution in [0.4, 0.5) is 9.93 Å². The number of hydrogen-bond acceptors (Lipinski definition) is 8. The molecule has 0 spiro atoms. The van der Waals surface area contributed by atoms with Gasteiger partial charge in [-0.25, -0.2) is 14.6 Å². The Morgan fingerprint density at radius 3 is 2.54 bits per heavy atom. The molecular weight excluding hydrogens is 358 g/mol. The molecule has 1 aromatic carbocycles. The lowest BCUT2D eigenvalue weighted by Gasteiger charge is -2.19. The number of nitrogens with one attached hydrogen (secondary N) is 2. The van der Waals surface area contributed by atoms with Crippen LogP contribution in [-0.4, -0.2) is 50.0 Å². The summed E-state index contributed by atoms with van der Waals surface area (Å²) in [6.07, 6.45) is -0.465. The average molecular weight is 381 g/mol. The van der Waals surface area contributed by atoms with Crippen molar-refractivity contribution in [2.24, 2.45) is 0 Å². The predicted octanol–water partition coefficient (Wildman–Crippen LogP) is 3.03. The molecule has 0 saturated carbocycles. The minimum absolute atomic E-state index is 0.384. The molecule has 0 radical (unpaired) electrons. The molecule has 0 unspecified atom stereocenters. The van der Waals surface area contributed by atoms with Crippen LogP contribution in [0.25, 0.3) is 10.2 Å². The van der Waals surface area contributed by atoms with E-state index in [9.17, 15) is 9.59 Å². The van der Waals surface area contributed by atoms with Crippen LogP contribution in [0.5, 0.6) is 5.75 Å². The fourth-order valence-electron chi connectivity index (χ4n) is 2.11. The molecule has 1 heterocycles. The zero-order valence-electron chi connectivity index (χ0n) is 15.5. The first-order valence-corrected chi connectivity index (χ1v) is 8.83. The summed E-state index contributed by atoms with van der Waals surface area (Å²) in [4.78, 5) is 27.8. The summed E-state index contributed by atoms with van der Waals surface area (Å²) in [7, 11) is 2.85. The van der Waals surface area contributed by atoms with Crippen molar-refractivity contribution in [1.82, 2.24) is 10.3 Å². The summed E-state index contributed by atoms with van der Waals surface area (Å²) in [5.74, 6) is 0.0637. The quantitative estimate of drug-likeness (QED) is 0.586. The number of aromatic nitrogens is 1. The fraction of sp³-hybridized carbons (Fsp3) is 0.471. The van der Waals surface area contributed by atoms with E-state index in [2.05, 4.69) is 15.6 Å². The van der Waals surface area contributed by atoms with Crippen LogP contribution >= 0.6 is 11.3 Å². The Labute approximate surface area is 155 Å². The van der Waals surface area contributed by atoms with E-state index in [1.807, 2.05) is 20.8 Å². The SMILES string of the molecule is COC(=O)c1cc(OC)c2nc(NCCNC(=O)OC(C)(C)C)sc2c1. The Hall–Kier alpha value is -2.55. The van der Waals surface area contributed by atoms with Crippen LogP contribution < -0.4 is 15.4 Å². The van der Waals surface area contributed by atoms with Crippen molar-refractivity contribution in [3.63, 3.8) is 0 Å². The average Bonchev–Trinajstić information content (AvgIpc) is 2.98. The van der Waals surface area contributed by atoms with Gasteiger partial charge in [0.2, 0.25) is 0 Å². The number of carbonyl (C=O) groups is 2. The molecule has 0 fully saturated rings. The maximum absolute atomic E-state index is 11.7. The monoisotopic (exact) mass is 381 g/mol. The van der Waals surface area contributed by atoms with E-state index < -0.39 is 17.7 Å². The van der Waals surface area contributed by atoms with Crippen LogP contribution in [-0.2, 0) is 9.47 Å². The summed E-state index contributed by atoms with van der Waals surface area (Å²) in [5.41, 5.74) is 0.532. The minimum Gasteiger partial charge on any atom is -0.494 e. The van der Waals surface area contributed by atoms with Gasteiger partial charge in [-0.3, -0.25) is 0 Å². The minimum atomic E-state index is -0.529. The first-order chi connectivity index (χ1) is 12.2. The van der Waals surface area contributed by atoms with Gasteiger partial charge in [0.1, 0.15) is 16.9 Å². The van der Waals surface area contributed by atoms with Crippen LogP contribution in [0.15, 0.2) is 12.1 Å². The number of methoxy groups -OCH3 is 2. The maximum Gasteiger partial charge on any atom is 0.407 e. The lowest BCUT2D eigenvalue weighted by atomic mass is 10.2. The van der Waals surface area contributed by atoms with E-state index >= 15 is 0 Å². The smallest absolute Gasteiger partial charge is 0.407 e.